The van der Waals surface area contributed by atoms with Gasteiger partial charge in [-0.1, -0.05) is 12.1 Å². The van der Waals surface area contributed by atoms with Crippen LogP contribution in [-0.4, -0.2) is 27.3 Å². The van der Waals surface area contributed by atoms with E-state index < -0.39 is 0 Å². The van der Waals surface area contributed by atoms with Gasteiger partial charge in [0.15, 0.2) is 5.82 Å². The number of H-pyrrole nitrogens is 2. The van der Waals surface area contributed by atoms with Crippen LogP contribution in [0.1, 0.15) is 0 Å². The molecule has 0 saturated heterocycles. The first-order valence-corrected chi connectivity index (χ1v) is 6.32. The number of nitrogens with zero attached hydrogens (tertiary/aromatic N) is 2. The van der Waals surface area contributed by atoms with E-state index in [2.05, 4.69) is 20.2 Å². The predicted molar refractivity (Wildman–Crippen MR) is 77.7 cm³/mol. The molecule has 5 nitrogen and oxygen atoms in total. The van der Waals surface area contributed by atoms with Crippen molar-refractivity contribution in [1.29, 1.82) is 0 Å². The number of benzene rings is 2. The van der Waals surface area contributed by atoms with Gasteiger partial charge >= 0.3 is 0 Å². The number of nitrogens with one attached hydrogen (secondary N) is 2. The molecule has 0 unspecified atom stereocenters. The number of hydrogen-bond donors (Lipinski definition) is 2. The molecule has 2 aromatic carbocycles. The maximum atomic E-state index is 5.21. The number of aromatic amines is 2. The highest BCUT2D eigenvalue weighted by molar-refractivity contribution is 5.93. The lowest BCUT2D eigenvalue weighted by Gasteiger charge is -1.98. The van der Waals surface area contributed by atoms with E-state index in [9.17, 15) is 0 Å². The number of rotatable bonds is 2. The Kier molecular flexibility index (Phi) is 2.26. The van der Waals surface area contributed by atoms with Crippen LogP contribution in [0.25, 0.3) is 33.5 Å². The topological polar surface area (TPSA) is 66.6 Å². The zero-order chi connectivity index (χ0) is 13.5. The fourth-order valence-corrected chi connectivity index (χ4v) is 2.37. The molecule has 20 heavy (non-hydrogen) atoms. The van der Waals surface area contributed by atoms with E-state index in [0.717, 1.165) is 39.2 Å². The Morgan fingerprint density at radius 3 is 2.80 bits per heavy atom. The third kappa shape index (κ3) is 1.56. The fourth-order valence-electron chi connectivity index (χ4n) is 2.37. The second kappa shape index (κ2) is 4.09. The summed E-state index contributed by atoms with van der Waals surface area (Å²) in [5, 5.41) is 8.40. The quantitative estimate of drug-likeness (QED) is 0.584. The van der Waals surface area contributed by atoms with E-state index >= 15 is 0 Å². The van der Waals surface area contributed by atoms with Crippen molar-refractivity contribution >= 4 is 21.9 Å². The summed E-state index contributed by atoms with van der Waals surface area (Å²) >= 11 is 0. The van der Waals surface area contributed by atoms with Crippen LogP contribution in [-0.2, 0) is 0 Å². The van der Waals surface area contributed by atoms with Crippen LogP contribution in [0, 0.1) is 0 Å². The number of fused-ring (bicyclic) bond motifs is 2. The number of ether oxygens (including phenoxy) is 1. The van der Waals surface area contributed by atoms with Crippen LogP contribution in [0.4, 0.5) is 0 Å². The fraction of sp³-hybridized carbons (Fsp3) is 0.0667. The molecule has 0 radical (unpaired) electrons. The minimum atomic E-state index is 0.766. The van der Waals surface area contributed by atoms with Gasteiger partial charge in [-0.15, -0.1) is 0 Å². The molecule has 2 aromatic heterocycles. The molecule has 0 aliphatic rings. The largest absolute Gasteiger partial charge is 0.497 e. The summed E-state index contributed by atoms with van der Waals surface area (Å²) in [5.41, 5.74) is 3.69. The minimum absolute atomic E-state index is 0.766. The van der Waals surface area contributed by atoms with Gasteiger partial charge in [-0.05, 0) is 24.3 Å². The summed E-state index contributed by atoms with van der Waals surface area (Å²) in [6.45, 7) is 0. The number of para-hydroxylation sites is 2. The SMILES string of the molecule is COc1ccc2c(-c3nc4ccccc4[nH]3)n[nH]c2c1. The Balaban J connectivity index is 1.93. The standard InChI is InChI=1S/C15H12N4O/c1-20-9-6-7-10-13(8-9)18-19-14(10)15-16-11-4-2-3-5-12(11)17-15/h2-8H,1H3,(H,16,17)(H,18,19). The molecule has 2 heterocycles. The van der Waals surface area contributed by atoms with E-state index in [4.69, 9.17) is 4.74 Å². The lowest BCUT2D eigenvalue weighted by Crippen LogP contribution is -1.82. The third-order valence-corrected chi connectivity index (χ3v) is 3.38. The Labute approximate surface area is 114 Å². The molecule has 0 saturated carbocycles. The van der Waals surface area contributed by atoms with Crippen LogP contribution in [0.15, 0.2) is 42.5 Å². The van der Waals surface area contributed by atoms with E-state index in [1.54, 1.807) is 7.11 Å². The summed E-state index contributed by atoms with van der Waals surface area (Å²) in [5.74, 6) is 1.57. The van der Waals surface area contributed by atoms with Crippen LogP contribution in [0.5, 0.6) is 5.75 Å². The monoisotopic (exact) mass is 264 g/mol. The highest BCUT2D eigenvalue weighted by Gasteiger charge is 2.12. The molecular formula is C15H12N4O. The van der Waals surface area contributed by atoms with Gasteiger partial charge in [0.05, 0.1) is 23.7 Å². The summed E-state index contributed by atoms with van der Waals surface area (Å²) < 4.78 is 5.21. The van der Waals surface area contributed by atoms with Gasteiger partial charge in [-0.2, -0.15) is 5.10 Å². The van der Waals surface area contributed by atoms with Crippen LogP contribution in [0.2, 0.25) is 0 Å². The maximum Gasteiger partial charge on any atom is 0.159 e. The number of imidazole rings is 1. The molecule has 0 bridgehead atoms. The Bertz CT molecular complexity index is 873. The van der Waals surface area contributed by atoms with Gasteiger partial charge in [-0.3, -0.25) is 5.10 Å². The Morgan fingerprint density at radius 2 is 1.95 bits per heavy atom. The van der Waals surface area contributed by atoms with Crippen molar-refractivity contribution in [3.8, 4) is 17.3 Å². The second-order valence-corrected chi connectivity index (χ2v) is 4.59. The van der Waals surface area contributed by atoms with Gasteiger partial charge in [0.25, 0.3) is 0 Å². The zero-order valence-electron chi connectivity index (χ0n) is 10.8. The van der Waals surface area contributed by atoms with E-state index in [0.29, 0.717) is 0 Å². The van der Waals surface area contributed by atoms with Crippen molar-refractivity contribution < 1.29 is 4.74 Å². The highest BCUT2D eigenvalue weighted by atomic mass is 16.5. The van der Waals surface area contributed by atoms with E-state index in [1.165, 1.54) is 0 Å². The summed E-state index contributed by atoms with van der Waals surface area (Å²) in [6, 6.07) is 13.8. The number of hydrogen-bond acceptors (Lipinski definition) is 3. The Hall–Kier alpha value is -2.82. The Morgan fingerprint density at radius 1 is 1.05 bits per heavy atom. The molecule has 0 amide bonds. The van der Waals surface area contributed by atoms with Crippen LogP contribution < -0.4 is 4.74 Å². The van der Waals surface area contributed by atoms with Crippen molar-refractivity contribution in [2.45, 2.75) is 0 Å². The molecule has 0 aliphatic heterocycles. The van der Waals surface area contributed by atoms with Crippen molar-refractivity contribution in [1.82, 2.24) is 20.2 Å². The molecule has 0 atom stereocenters. The summed E-state index contributed by atoms with van der Waals surface area (Å²) in [6.07, 6.45) is 0. The molecule has 4 aromatic rings. The van der Waals surface area contributed by atoms with E-state index in [1.807, 2.05) is 42.5 Å². The smallest absolute Gasteiger partial charge is 0.159 e. The first kappa shape index (κ1) is 11.0. The van der Waals surface area contributed by atoms with E-state index in [-0.39, 0.29) is 0 Å². The normalized spacial score (nSPS) is 11.2. The van der Waals surface area contributed by atoms with Gasteiger partial charge in [-0.25, -0.2) is 4.98 Å². The molecule has 5 heteroatoms. The lowest BCUT2D eigenvalue weighted by molar-refractivity contribution is 0.415. The van der Waals surface area contributed by atoms with Gasteiger partial charge in [0.2, 0.25) is 0 Å². The molecule has 0 fully saturated rings. The number of methoxy groups -OCH3 is 1. The van der Waals surface area contributed by atoms with Gasteiger partial charge in [0, 0.05) is 11.5 Å². The van der Waals surface area contributed by atoms with Gasteiger partial charge < -0.3 is 9.72 Å². The molecule has 2 N–H and O–H groups in total. The molecular weight excluding hydrogens is 252 g/mol. The van der Waals surface area contributed by atoms with Crippen molar-refractivity contribution in [3.05, 3.63) is 42.5 Å². The van der Waals surface area contributed by atoms with Crippen LogP contribution >= 0.6 is 0 Å². The van der Waals surface area contributed by atoms with Crippen LogP contribution in [0.3, 0.4) is 0 Å². The summed E-state index contributed by atoms with van der Waals surface area (Å²) in [7, 11) is 1.65. The first-order valence-electron chi connectivity index (χ1n) is 6.32. The molecule has 0 spiro atoms. The average molecular weight is 264 g/mol. The molecule has 0 aliphatic carbocycles. The van der Waals surface area contributed by atoms with Gasteiger partial charge in [0.1, 0.15) is 11.4 Å². The lowest BCUT2D eigenvalue weighted by atomic mass is 10.2. The minimum Gasteiger partial charge on any atom is -0.497 e. The van der Waals surface area contributed by atoms with Crippen molar-refractivity contribution in [3.63, 3.8) is 0 Å². The predicted octanol–water partition coefficient (Wildman–Crippen LogP) is 3.11. The average Bonchev–Trinajstić information content (AvgIpc) is 3.09. The first-order chi connectivity index (χ1) is 9.85. The molecule has 98 valence electrons. The molecule has 4 rings (SSSR count). The summed E-state index contributed by atoms with van der Waals surface area (Å²) in [4.78, 5) is 7.87. The highest BCUT2D eigenvalue weighted by Crippen LogP contribution is 2.28. The van der Waals surface area contributed by atoms with Crippen molar-refractivity contribution in [2.75, 3.05) is 7.11 Å². The second-order valence-electron chi connectivity index (χ2n) is 4.59. The van der Waals surface area contributed by atoms with Crippen molar-refractivity contribution in [2.24, 2.45) is 0 Å². The zero-order valence-corrected chi connectivity index (χ0v) is 10.8. The maximum absolute atomic E-state index is 5.21. The number of aromatic nitrogens is 4. The third-order valence-electron chi connectivity index (χ3n) is 3.38.